The lowest BCUT2D eigenvalue weighted by atomic mass is 10.1. The summed E-state index contributed by atoms with van der Waals surface area (Å²) in [7, 11) is -2.02. The molecule has 0 fully saturated rings. The van der Waals surface area contributed by atoms with Crippen LogP contribution >= 0.6 is 8.03 Å². The van der Waals surface area contributed by atoms with Gasteiger partial charge in [-0.1, -0.05) is 12.1 Å². The Morgan fingerprint density at radius 2 is 2.25 bits per heavy atom. The second-order valence-electron chi connectivity index (χ2n) is 2.57. The Morgan fingerprint density at radius 3 is 2.83 bits per heavy atom. The van der Waals surface area contributed by atoms with Crippen molar-refractivity contribution in [2.75, 3.05) is 11.9 Å². The fourth-order valence-electron chi connectivity index (χ4n) is 0.973. The highest BCUT2D eigenvalue weighted by Crippen LogP contribution is 2.16. The third-order valence-electron chi connectivity index (χ3n) is 1.54. The molecule has 0 radical (unpaired) electrons. The third-order valence-corrected chi connectivity index (χ3v) is 2.15. The largest absolute Gasteiger partial charge is 0.505 e. The standard InChI is InChI=1S/C8H10NO2P/c9-8-3-1-2-7(6-8)4-5-12(10)11/h1-3,6H,4-5,9H2/p+1. The van der Waals surface area contributed by atoms with Gasteiger partial charge in [-0.2, -0.15) is 4.89 Å². The van der Waals surface area contributed by atoms with Gasteiger partial charge in [0.2, 0.25) is 0 Å². The number of hydrogen-bond acceptors (Lipinski definition) is 2. The molecule has 1 unspecified atom stereocenters. The Hall–Kier alpha value is -0.920. The van der Waals surface area contributed by atoms with Crippen molar-refractivity contribution in [3.63, 3.8) is 0 Å². The van der Waals surface area contributed by atoms with Crippen molar-refractivity contribution in [2.45, 2.75) is 6.42 Å². The third kappa shape index (κ3) is 2.99. The van der Waals surface area contributed by atoms with Crippen molar-refractivity contribution in [3.8, 4) is 0 Å². The predicted octanol–water partition coefficient (Wildman–Crippen LogP) is 1.55. The first-order chi connectivity index (χ1) is 5.68. The SMILES string of the molecule is Nc1cccc(CC[P+](=O)O)c1. The summed E-state index contributed by atoms with van der Waals surface area (Å²) in [6.07, 6.45) is 0.912. The first kappa shape index (κ1) is 9.17. The van der Waals surface area contributed by atoms with E-state index in [1.165, 1.54) is 0 Å². The van der Waals surface area contributed by atoms with Gasteiger partial charge in [0.25, 0.3) is 0 Å². The summed E-state index contributed by atoms with van der Waals surface area (Å²) in [5.41, 5.74) is 7.23. The molecule has 0 aliphatic rings. The topological polar surface area (TPSA) is 63.3 Å². The minimum Gasteiger partial charge on any atom is -0.399 e. The summed E-state index contributed by atoms with van der Waals surface area (Å²) in [5, 5.41) is 0. The van der Waals surface area contributed by atoms with E-state index in [1.54, 1.807) is 6.07 Å². The van der Waals surface area contributed by atoms with Gasteiger partial charge in [-0.3, -0.25) is 0 Å². The maximum absolute atomic E-state index is 10.4. The van der Waals surface area contributed by atoms with Crippen molar-refractivity contribution in [1.82, 2.24) is 0 Å². The molecule has 1 aromatic rings. The molecule has 0 bridgehead atoms. The number of anilines is 1. The summed E-state index contributed by atoms with van der Waals surface area (Å²) in [4.78, 5) is 8.56. The fourth-order valence-corrected chi connectivity index (χ4v) is 1.42. The van der Waals surface area contributed by atoms with Gasteiger partial charge < -0.3 is 5.73 Å². The summed E-state index contributed by atoms with van der Waals surface area (Å²) < 4.78 is 10.4. The zero-order valence-corrected chi connectivity index (χ0v) is 7.50. The number of nitrogen functional groups attached to an aromatic ring is 1. The second kappa shape index (κ2) is 4.19. The van der Waals surface area contributed by atoms with Gasteiger partial charge in [0, 0.05) is 12.1 Å². The quantitative estimate of drug-likeness (QED) is 0.553. The number of nitrogens with two attached hydrogens (primary N) is 1. The van der Waals surface area contributed by atoms with Crippen molar-refractivity contribution in [1.29, 1.82) is 0 Å². The van der Waals surface area contributed by atoms with Crippen LogP contribution in [0.5, 0.6) is 0 Å². The second-order valence-corrected chi connectivity index (χ2v) is 3.72. The van der Waals surface area contributed by atoms with Crippen LogP contribution in [0.25, 0.3) is 0 Å². The van der Waals surface area contributed by atoms with Crippen molar-refractivity contribution >= 4 is 13.7 Å². The maximum Gasteiger partial charge on any atom is 0.505 e. The Morgan fingerprint density at radius 1 is 1.50 bits per heavy atom. The van der Waals surface area contributed by atoms with Gasteiger partial charge in [-0.25, -0.2) is 0 Å². The molecule has 64 valence electrons. The first-order valence-corrected chi connectivity index (χ1v) is 5.06. The van der Waals surface area contributed by atoms with Crippen LogP contribution in [0.15, 0.2) is 24.3 Å². The van der Waals surface area contributed by atoms with Crippen LogP contribution in [0, 0.1) is 0 Å². The summed E-state index contributed by atoms with van der Waals surface area (Å²) in [6.45, 7) is 0. The molecule has 0 saturated carbocycles. The average Bonchev–Trinajstić information content (AvgIpc) is 2.01. The van der Waals surface area contributed by atoms with Gasteiger partial charge in [-0.05, 0) is 22.3 Å². The van der Waals surface area contributed by atoms with Crippen molar-refractivity contribution < 1.29 is 9.46 Å². The Balaban J connectivity index is 2.57. The minimum absolute atomic E-state index is 0.304. The van der Waals surface area contributed by atoms with Gasteiger partial charge in [-0.15, -0.1) is 0 Å². The number of hydrogen-bond donors (Lipinski definition) is 2. The van der Waals surface area contributed by atoms with E-state index in [2.05, 4.69) is 0 Å². The molecule has 0 amide bonds. The Labute approximate surface area is 72.1 Å². The van der Waals surface area contributed by atoms with Crippen LogP contribution in [0.3, 0.4) is 0 Å². The molecular formula is C8H11NO2P+. The average molecular weight is 184 g/mol. The molecule has 4 heteroatoms. The molecular weight excluding hydrogens is 173 g/mol. The Kier molecular flexibility index (Phi) is 3.20. The van der Waals surface area contributed by atoms with Gasteiger partial charge >= 0.3 is 8.03 Å². The number of aryl methyl sites for hydroxylation is 1. The lowest BCUT2D eigenvalue weighted by Crippen LogP contribution is -1.90. The lowest BCUT2D eigenvalue weighted by molar-refractivity contribution is 0.502. The van der Waals surface area contributed by atoms with Gasteiger partial charge in [0.1, 0.15) is 0 Å². The summed E-state index contributed by atoms with van der Waals surface area (Å²) in [6, 6.07) is 7.35. The molecule has 0 spiro atoms. The van der Waals surface area contributed by atoms with E-state index in [0.29, 0.717) is 18.3 Å². The van der Waals surface area contributed by atoms with E-state index in [9.17, 15) is 4.57 Å². The van der Waals surface area contributed by atoms with Gasteiger partial charge in [0.15, 0.2) is 6.16 Å². The smallest absolute Gasteiger partial charge is 0.399 e. The molecule has 12 heavy (non-hydrogen) atoms. The van der Waals surface area contributed by atoms with E-state index in [0.717, 1.165) is 5.56 Å². The molecule has 1 atom stereocenters. The van der Waals surface area contributed by atoms with Gasteiger partial charge in [0.05, 0.1) is 0 Å². The van der Waals surface area contributed by atoms with E-state index in [1.807, 2.05) is 18.2 Å². The number of benzene rings is 1. The van der Waals surface area contributed by atoms with E-state index in [-0.39, 0.29) is 0 Å². The van der Waals surface area contributed by atoms with Crippen LogP contribution in [0.2, 0.25) is 0 Å². The maximum atomic E-state index is 10.4. The van der Waals surface area contributed by atoms with Crippen molar-refractivity contribution in [3.05, 3.63) is 29.8 Å². The number of rotatable bonds is 3. The highest BCUT2D eigenvalue weighted by atomic mass is 31.1. The summed E-state index contributed by atoms with van der Waals surface area (Å²) in [5.74, 6) is 0. The zero-order chi connectivity index (χ0) is 8.97. The van der Waals surface area contributed by atoms with E-state index >= 15 is 0 Å². The molecule has 3 N–H and O–H groups in total. The normalized spacial score (nSPS) is 11.2. The predicted molar refractivity (Wildman–Crippen MR) is 49.3 cm³/mol. The van der Waals surface area contributed by atoms with E-state index in [4.69, 9.17) is 10.6 Å². The molecule has 0 aliphatic carbocycles. The van der Waals surface area contributed by atoms with Crippen LogP contribution in [-0.2, 0) is 11.0 Å². The van der Waals surface area contributed by atoms with E-state index < -0.39 is 8.03 Å². The van der Waals surface area contributed by atoms with Crippen LogP contribution in [0.4, 0.5) is 5.69 Å². The molecule has 1 aromatic carbocycles. The highest BCUT2D eigenvalue weighted by Gasteiger charge is 2.09. The van der Waals surface area contributed by atoms with Crippen molar-refractivity contribution in [2.24, 2.45) is 0 Å². The summed E-state index contributed by atoms with van der Waals surface area (Å²) >= 11 is 0. The monoisotopic (exact) mass is 184 g/mol. The van der Waals surface area contributed by atoms with Crippen LogP contribution in [0.1, 0.15) is 5.56 Å². The van der Waals surface area contributed by atoms with Crippen LogP contribution < -0.4 is 5.73 Å². The molecule has 0 saturated heterocycles. The molecule has 1 rings (SSSR count). The molecule has 0 aliphatic heterocycles. The van der Waals surface area contributed by atoms with Crippen LogP contribution in [-0.4, -0.2) is 11.1 Å². The zero-order valence-electron chi connectivity index (χ0n) is 6.60. The molecule has 0 heterocycles. The molecule has 0 aromatic heterocycles. The lowest BCUT2D eigenvalue weighted by Gasteiger charge is -1.96. The fraction of sp³-hybridized carbons (Fsp3) is 0.250. The highest BCUT2D eigenvalue weighted by molar-refractivity contribution is 7.37. The Bertz CT molecular complexity index is 288. The minimum atomic E-state index is -2.02. The molecule has 3 nitrogen and oxygen atoms in total. The first-order valence-electron chi connectivity index (χ1n) is 3.66.